The SMILES string of the molecule is CCc1cc(CCCCN2CCCc3cc(Cl)ccc32)on1. The molecule has 0 unspecified atom stereocenters. The van der Waals surface area contributed by atoms with Crippen LogP contribution in [0.15, 0.2) is 28.8 Å². The zero-order valence-electron chi connectivity index (χ0n) is 13.1. The third kappa shape index (κ3) is 3.64. The van der Waals surface area contributed by atoms with E-state index in [1.54, 1.807) is 0 Å². The van der Waals surface area contributed by atoms with E-state index in [1.807, 2.05) is 6.07 Å². The minimum Gasteiger partial charge on any atom is -0.371 e. The summed E-state index contributed by atoms with van der Waals surface area (Å²) in [6, 6.07) is 8.36. The number of aromatic nitrogens is 1. The molecule has 118 valence electrons. The standard InChI is InChI=1S/C18H23ClN2O/c1-2-16-13-17(22-20-16)7-3-4-10-21-11-5-6-14-12-15(19)8-9-18(14)21/h8-9,12-13H,2-7,10-11H2,1H3. The summed E-state index contributed by atoms with van der Waals surface area (Å²) >= 11 is 6.10. The highest BCUT2D eigenvalue weighted by molar-refractivity contribution is 6.30. The van der Waals surface area contributed by atoms with Gasteiger partial charge in [-0.15, -0.1) is 0 Å². The lowest BCUT2D eigenvalue weighted by Gasteiger charge is -2.31. The van der Waals surface area contributed by atoms with Crippen molar-refractivity contribution in [3.63, 3.8) is 0 Å². The Morgan fingerprint density at radius 3 is 3.00 bits per heavy atom. The van der Waals surface area contributed by atoms with Crippen molar-refractivity contribution in [2.45, 2.75) is 45.4 Å². The molecule has 0 atom stereocenters. The molecule has 0 spiro atoms. The molecule has 0 aliphatic carbocycles. The first-order chi connectivity index (χ1) is 10.8. The highest BCUT2D eigenvalue weighted by atomic mass is 35.5. The Morgan fingerprint density at radius 1 is 1.27 bits per heavy atom. The third-order valence-corrected chi connectivity index (χ3v) is 4.56. The quantitative estimate of drug-likeness (QED) is 0.725. The molecule has 1 aliphatic rings. The van der Waals surface area contributed by atoms with Gasteiger partial charge in [-0.2, -0.15) is 0 Å². The van der Waals surface area contributed by atoms with Gasteiger partial charge >= 0.3 is 0 Å². The molecule has 0 radical (unpaired) electrons. The van der Waals surface area contributed by atoms with Gasteiger partial charge < -0.3 is 9.42 Å². The Balaban J connectivity index is 1.50. The minimum atomic E-state index is 0.845. The Labute approximate surface area is 137 Å². The predicted octanol–water partition coefficient (Wildman–Crippen LogP) is 4.67. The van der Waals surface area contributed by atoms with E-state index in [1.165, 1.54) is 24.1 Å². The van der Waals surface area contributed by atoms with Gasteiger partial charge in [-0.05, 0) is 55.9 Å². The van der Waals surface area contributed by atoms with Gasteiger partial charge in [0.2, 0.25) is 0 Å². The molecule has 0 saturated heterocycles. The highest BCUT2D eigenvalue weighted by Crippen LogP contribution is 2.29. The number of rotatable bonds is 6. The molecule has 4 heteroatoms. The lowest BCUT2D eigenvalue weighted by Crippen LogP contribution is -2.30. The fourth-order valence-corrected chi connectivity index (χ4v) is 3.31. The maximum absolute atomic E-state index is 6.10. The van der Waals surface area contributed by atoms with E-state index in [9.17, 15) is 0 Å². The Kier molecular flexibility index (Phi) is 5.04. The summed E-state index contributed by atoms with van der Waals surface area (Å²) in [4.78, 5) is 2.49. The third-order valence-electron chi connectivity index (χ3n) is 4.33. The molecule has 0 amide bonds. The second-order valence-corrected chi connectivity index (χ2v) is 6.40. The number of anilines is 1. The minimum absolute atomic E-state index is 0.845. The van der Waals surface area contributed by atoms with Gasteiger partial charge in [-0.3, -0.25) is 0 Å². The van der Waals surface area contributed by atoms with E-state index >= 15 is 0 Å². The second kappa shape index (κ2) is 7.19. The van der Waals surface area contributed by atoms with Gasteiger partial charge in [-0.1, -0.05) is 23.7 Å². The predicted molar refractivity (Wildman–Crippen MR) is 90.8 cm³/mol. The van der Waals surface area contributed by atoms with Crippen LogP contribution in [-0.4, -0.2) is 18.2 Å². The topological polar surface area (TPSA) is 29.3 Å². The number of fused-ring (bicyclic) bond motifs is 1. The lowest BCUT2D eigenvalue weighted by molar-refractivity contribution is 0.374. The average Bonchev–Trinajstić information content (AvgIpc) is 2.99. The number of hydrogen-bond donors (Lipinski definition) is 0. The molecular weight excluding hydrogens is 296 g/mol. The fourth-order valence-electron chi connectivity index (χ4n) is 3.12. The van der Waals surface area contributed by atoms with E-state index in [2.05, 4.69) is 35.2 Å². The zero-order valence-corrected chi connectivity index (χ0v) is 13.9. The first kappa shape index (κ1) is 15.4. The summed E-state index contributed by atoms with van der Waals surface area (Å²) in [6.45, 7) is 4.35. The summed E-state index contributed by atoms with van der Waals surface area (Å²) < 4.78 is 5.34. The number of unbranched alkanes of at least 4 members (excludes halogenated alkanes) is 1. The molecule has 3 rings (SSSR count). The van der Waals surface area contributed by atoms with Crippen molar-refractivity contribution >= 4 is 17.3 Å². The number of benzene rings is 1. The van der Waals surface area contributed by atoms with Gasteiger partial charge in [0.15, 0.2) is 0 Å². The molecule has 1 aromatic heterocycles. The molecule has 0 saturated carbocycles. The molecule has 1 aliphatic heterocycles. The fraction of sp³-hybridized carbons (Fsp3) is 0.500. The second-order valence-electron chi connectivity index (χ2n) is 5.96. The maximum Gasteiger partial charge on any atom is 0.137 e. The largest absolute Gasteiger partial charge is 0.371 e. The van der Waals surface area contributed by atoms with Crippen molar-refractivity contribution in [2.75, 3.05) is 18.0 Å². The zero-order chi connectivity index (χ0) is 15.4. The summed E-state index contributed by atoms with van der Waals surface area (Å²) in [5.74, 6) is 1.02. The molecule has 0 fully saturated rings. The number of aryl methyl sites for hydroxylation is 3. The molecule has 2 heterocycles. The number of nitrogens with zero attached hydrogens (tertiary/aromatic N) is 2. The maximum atomic E-state index is 6.10. The average molecular weight is 319 g/mol. The van der Waals surface area contributed by atoms with Crippen molar-refractivity contribution in [3.05, 3.63) is 46.3 Å². The van der Waals surface area contributed by atoms with Gasteiger partial charge in [-0.25, -0.2) is 0 Å². The van der Waals surface area contributed by atoms with Crippen LogP contribution < -0.4 is 4.90 Å². The van der Waals surface area contributed by atoms with E-state index in [0.717, 1.165) is 55.2 Å². The highest BCUT2D eigenvalue weighted by Gasteiger charge is 2.16. The van der Waals surface area contributed by atoms with Crippen LogP contribution in [0.5, 0.6) is 0 Å². The van der Waals surface area contributed by atoms with E-state index in [4.69, 9.17) is 16.1 Å². The van der Waals surface area contributed by atoms with Crippen LogP contribution in [-0.2, 0) is 19.3 Å². The van der Waals surface area contributed by atoms with Crippen LogP contribution in [0.25, 0.3) is 0 Å². The number of halogens is 1. The first-order valence-electron chi connectivity index (χ1n) is 8.24. The van der Waals surface area contributed by atoms with Crippen molar-refractivity contribution in [1.29, 1.82) is 0 Å². The van der Waals surface area contributed by atoms with E-state index in [0.29, 0.717) is 0 Å². The number of hydrogen-bond acceptors (Lipinski definition) is 3. The van der Waals surface area contributed by atoms with Crippen molar-refractivity contribution in [1.82, 2.24) is 5.16 Å². The van der Waals surface area contributed by atoms with Crippen molar-refractivity contribution in [3.8, 4) is 0 Å². The molecule has 3 nitrogen and oxygen atoms in total. The summed E-state index contributed by atoms with van der Waals surface area (Å²) in [5, 5.41) is 4.89. The Bertz CT molecular complexity index is 623. The normalized spacial score (nSPS) is 14.2. The van der Waals surface area contributed by atoms with Crippen LogP contribution in [0, 0.1) is 0 Å². The summed E-state index contributed by atoms with van der Waals surface area (Å²) in [5.41, 5.74) is 3.81. The van der Waals surface area contributed by atoms with E-state index in [-0.39, 0.29) is 0 Å². The van der Waals surface area contributed by atoms with Gasteiger partial charge in [0, 0.05) is 36.3 Å². The van der Waals surface area contributed by atoms with Crippen molar-refractivity contribution < 1.29 is 4.52 Å². The summed E-state index contributed by atoms with van der Waals surface area (Å²) in [7, 11) is 0. The Hall–Kier alpha value is -1.48. The lowest BCUT2D eigenvalue weighted by atomic mass is 10.0. The summed E-state index contributed by atoms with van der Waals surface area (Å²) in [6.07, 6.45) is 6.59. The van der Waals surface area contributed by atoms with Crippen LogP contribution in [0.3, 0.4) is 0 Å². The van der Waals surface area contributed by atoms with Gasteiger partial charge in [0.1, 0.15) is 5.76 Å². The van der Waals surface area contributed by atoms with Crippen LogP contribution in [0.1, 0.15) is 43.2 Å². The Morgan fingerprint density at radius 2 is 2.18 bits per heavy atom. The molecule has 1 aromatic carbocycles. The van der Waals surface area contributed by atoms with Gasteiger partial charge in [0.05, 0.1) is 5.69 Å². The van der Waals surface area contributed by atoms with Crippen molar-refractivity contribution in [2.24, 2.45) is 0 Å². The molecule has 0 N–H and O–H groups in total. The van der Waals surface area contributed by atoms with Crippen LogP contribution in [0.4, 0.5) is 5.69 Å². The monoisotopic (exact) mass is 318 g/mol. The first-order valence-corrected chi connectivity index (χ1v) is 8.62. The smallest absolute Gasteiger partial charge is 0.137 e. The van der Waals surface area contributed by atoms with Gasteiger partial charge in [0.25, 0.3) is 0 Å². The van der Waals surface area contributed by atoms with Crippen LogP contribution in [0.2, 0.25) is 5.02 Å². The molecular formula is C18H23ClN2O. The molecule has 22 heavy (non-hydrogen) atoms. The molecule has 0 bridgehead atoms. The van der Waals surface area contributed by atoms with Crippen LogP contribution >= 0.6 is 11.6 Å². The molecule has 2 aromatic rings. The van der Waals surface area contributed by atoms with E-state index < -0.39 is 0 Å².